The Kier molecular flexibility index (Phi) is 4830. The molecule has 0 spiro atoms. The molecule has 9 heavy (non-hydrogen) atoms. The molecule has 0 aliphatic rings. The zero-order valence-electron chi connectivity index (χ0n) is 3.83. The van der Waals surface area contributed by atoms with Gasteiger partial charge in [0.05, 0.1) is 0 Å². The van der Waals surface area contributed by atoms with E-state index in [4.69, 9.17) is 0 Å². The van der Waals surface area contributed by atoms with Crippen molar-refractivity contribution in [2.24, 2.45) is 0 Å². The summed E-state index contributed by atoms with van der Waals surface area (Å²) in [6, 6.07) is 0. The Hall–Kier alpha value is 2.19. The third-order valence-corrected chi connectivity index (χ3v) is 0. The van der Waals surface area contributed by atoms with Gasteiger partial charge in [0.2, 0.25) is 0 Å². The van der Waals surface area contributed by atoms with Gasteiger partial charge in [-0.3, -0.25) is 0 Å². The smallest absolute Gasteiger partial charge is 2.00 e. The largest absolute Gasteiger partial charge is 3.00 e. The minimum atomic E-state index is 0. The molecule has 0 fully saturated rings. The van der Waals surface area contributed by atoms with Crippen molar-refractivity contribution >= 4 is 34.7 Å². The van der Waals surface area contributed by atoms with Crippen LogP contribution in [0.3, 0.4) is 0 Å². The van der Waals surface area contributed by atoms with E-state index < -0.39 is 0 Å². The van der Waals surface area contributed by atoms with Crippen LogP contribution in [-0.2, 0) is 68.2 Å². The summed E-state index contributed by atoms with van der Waals surface area (Å²) in [5, 5.41) is 0. The molecule has 0 radical (unpaired) electrons. The molecule has 0 N–H and O–H groups in total. The fourth-order valence-corrected chi connectivity index (χ4v) is 0. The molecule has 0 heterocycles. The first-order valence-corrected chi connectivity index (χ1v) is 0. The summed E-state index contributed by atoms with van der Waals surface area (Å²) in [5.41, 5.74) is 0. The molecule has 0 aromatic rings. The van der Waals surface area contributed by atoms with Crippen molar-refractivity contribution in [3.8, 4) is 0 Å². The average Bonchev–Trinajstić information content (AvgIpc) is 0. The Bertz CT molecular complexity index is 12.9. The Morgan fingerprint density at radius 3 is 0.333 bits per heavy atom. The maximum absolute atomic E-state index is 0. The van der Waals surface area contributed by atoms with Crippen molar-refractivity contribution in [1.29, 1.82) is 0 Å². The maximum atomic E-state index is 0. The van der Waals surface area contributed by atoms with Gasteiger partial charge in [0, 0.05) is 0 Å². The van der Waals surface area contributed by atoms with Gasteiger partial charge in [0.25, 0.3) is 0 Å². The summed E-state index contributed by atoms with van der Waals surface area (Å²) in [6.45, 7) is 0. The van der Waals surface area contributed by atoms with Gasteiger partial charge in [-0.2, -0.15) is 0 Å². The van der Waals surface area contributed by atoms with E-state index in [1.807, 2.05) is 0 Å². The predicted molar refractivity (Wildman–Crippen MR) is 14.9 cm³/mol. The molecule has 0 unspecified atom stereocenters. The van der Waals surface area contributed by atoms with Gasteiger partial charge >= 0.3 is 75.6 Å². The van der Waals surface area contributed by atoms with Crippen LogP contribution < -0.4 is 0 Å². The third kappa shape index (κ3) is 143. The normalized spacial score (nSPS) is 0. The van der Waals surface area contributed by atoms with Gasteiger partial charge in [-0.05, 0) is 0 Å². The quantitative estimate of drug-likeness (QED) is 0.477. The van der Waals surface area contributed by atoms with E-state index in [9.17, 15) is 0 Å². The first kappa shape index (κ1) is 242. The Morgan fingerprint density at radius 1 is 0.333 bits per heavy atom. The number of rotatable bonds is 0. The minimum Gasteiger partial charge on any atom is -2.00 e. The summed E-state index contributed by atoms with van der Waals surface area (Å²) in [5.74, 6) is 0. The second-order valence-electron chi connectivity index (χ2n) is 0. The molecule has 0 saturated carbocycles. The zero-order chi connectivity index (χ0) is 0. The topological polar surface area (TPSA) is 142 Å². The van der Waals surface area contributed by atoms with E-state index in [-0.39, 0.29) is 103 Å². The molecule has 56 valence electrons. The van der Waals surface area contributed by atoms with Gasteiger partial charge in [0.1, 0.15) is 0 Å². The fraction of sp³-hybridized carbons (Fsp3) is 0. The predicted octanol–water partition coefficient (Wildman–Crippen LogP) is -1.36. The van der Waals surface area contributed by atoms with Crippen LogP contribution in [0.5, 0.6) is 0 Å². The van der Waals surface area contributed by atoms with Gasteiger partial charge in [-0.15, -0.1) is 0 Å². The SMILES string of the molecule is [Al+3].[Al+3].[O-2].[O-2].[O-2].[O-2].[O-2].[Pd+2].[Pd+2]. The molecular weight excluding hydrogens is 347 g/mol. The fourth-order valence-electron chi connectivity index (χ4n) is 0. The molecule has 0 amide bonds. The van der Waals surface area contributed by atoms with Crippen molar-refractivity contribution < 1.29 is 68.2 Å². The molecule has 5 nitrogen and oxygen atoms in total. The van der Waals surface area contributed by atoms with Crippen LogP contribution >= 0.6 is 0 Å². The van der Waals surface area contributed by atoms with Crippen molar-refractivity contribution in [3.63, 3.8) is 0 Å². The Morgan fingerprint density at radius 2 is 0.333 bits per heavy atom. The Balaban J connectivity index is 0. The second kappa shape index (κ2) is 179. The maximum Gasteiger partial charge on any atom is 3.00 e. The molecule has 0 aliphatic heterocycles. The van der Waals surface area contributed by atoms with Crippen molar-refractivity contribution in [2.45, 2.75) is 0 Å². The summed E-state index contributed by atoms with van der Waals surface area (Å²) in [7, 11) is 0. The van der Waals surface area contributed by atoms with Crippen LogP contribution in [0.1, 0.15) is 0 Å². The molecule has 0 rings (SSSR count). The van der Waals surface area contributed by atoms with Crippen LogP contribution in [0.2, 0.25) is 0 Å². The van der Waals surface area contributed by atoms with E-state index >= 15 is 0 Å². The van der Waals surface area contributed by atoms with Crippen molar-refractivity contribution in [1.82, 2.24) is 0 Å². The van der Waals surface area contributed by atoms with Gasteiger partial charge in [-0.25, -0.2) is 0 Å². The number of hydrogen-bond donors (Lipinski definition) is 0. The number of hydrogen-bond acceptors (Lipinski definition) is 0. The monoisotopic (exact) mass is 346 g/mol. The van der Waals surface area contributed by atoms with Crippen LogP contribution in [0.4, 0.5) is 0 Å². The van der Waals surface area contributed by atoms with E-state index in [1.54, 1.807) is 0 Å². The third-order valence-electron chi connectivity index (χ3n) is 0. The summed E-state index contributed by atoms with van der Waals surface area (Å²) in [6.07, 6.45) is 0. The van der Waals surface area contributed by atoms with Crippen LogP contribution in [-0.4, -0.2) is 34.7 Å². The second-order valence-corrected chi connectivity index (χ2v) is 0. The van der Waals surface area contributed by atoms with E-state index in [1.165, 1.54) is 0 Å². The zero-order valence-corrected chi connectivity index (χ0v) is 9.25. The van der Waals surface area contributed by atoms with Gasteiger partial charge in [-0.1, -0.05) is 0 Å². The first-order valence-electron chi connectivity index (χ1n) is 0. The van der Waals surface area contributed by atoms with E-state index in [0.717, 1.165) is 0 Å². The van der Waals surface area contributed by atoms with Crippen LogP contribution in [0, 0.1) is 0 Å². The molecule has 0 aromatic carbocycles. The van der Waals surface area contributed by atoms with Gasteiger partial charge in [0.15, 0.2) is 0 Å². The molecule has 0 aromatic heterocycles. The van der Waals surface area contributed by atoms with E-state index in [2.05, 4.69) is 0 Å². The van der Waals surface area contributed by atoms with Gasteiger partial charge < -0.3 is 27.4 Å². The molecule has 9 heteroatoms. The summed E-state index contributed by atoms with van der Waals surface area (Å²) >= 11 is 0. The Labute approximate surface area is 102 Å². The van der Waals surface area contributed by atoms with Crippen LogP contribution in [0.15, 0.2) is 0 Å². The molecule has 0 atom stereocenters. The standard InChI is InChI=1S/2Al.5O.2Pd/q2*+3;5*-2;2*+2. The molecule has 0 aliphatic carbocycles. The van der Waals surface area contributed by atoms with E-state index in [0.29, 0.717) is 0 Å². The van der Waals surface area contributed by atoms with Crippen LogP contribution in [0.25, 0.3) is 0 Å². The summed E-state index contributed by atoms with van der Waals surface area (Å²) < 4.78 is 0. The molecular formula is Al2O5Pd2. The molecule has 0 saturated heterocycles. The first-order chi connectivity index (χ1) is 0. The minimum absolute atomic E-state index is 0. The summed E-state index contributed by atoms with van der Waals surface area (Å²) in [4.78, 5) is 0. The average molecular weight is 347 g/mol. The van der Waals surface area contributed by atoms with Crippen molar-refractivity contribution in [3.05, 3.63) is 0 Å². The molecule has 0 bridgehead atoms. The van der Waals surface area contributed by atoms with Crippen molar-refractivity contribution in [2.75, 3.05) is 0 Å².